The molecule has 2 N–H and O–H groups in total. The van der Waals surface area contributed by atoms with Gasteiger partial charge in [0.05, 0.1) is 0 Å². The van der Waals surface area contributed by atoms with Crippen molar-refractivity contribution in [1.29, 1.82) is 0 Å². The van der Waals surface area contributed by atoms with Crippen LogP contribution in [-0.2, 0) is 0 Å². The van der Waals surface area contributed by atoms with E-state index in [1.807, 2.05) is 0 Å². The fourth-order valence-corrected chi connectivity index (χ4v) is 2.71. The third kappa shape index (κ3) is 7.05. The van der Waals surface area contributed by atoms with Gasteiger partial charge in [0.15, 0.2) is 0 Å². The fraction of sp³-hybridized carbons (Fsp3) is 1.00. The van der Waals surface area contributed by atoms with Crippen LogP contribution in [0.5, 0.6) is 0 Å². The smallest absolute Gasteiger partial charge is 0.00970 e. The summed E-state index contributed by atoms with van der Waals surface area (Å²) in [5, 5.41) is 7.22. The third-order valence-electron chi connectivity index (χ3n) is 3.85. The lowest BCUT2D eigenvalue weighted by molar-refractivity contribution is 0.330. The Balaban J connectivity index is 2.13. The molecule has 2 nitrogen and oxygen atoms in total. The van der Waals surface area contributed by atoms with Crippen LogP contribution in [0.15, 0.2) is 0 Å². The van der Waals surface area contributed by atoms with Gasteiger partial charge in [-0.3, -0.25) is 0 Å². The molecule has 1 saturated carbocycles. The van der Waals surface area contributed by atoms with Gasteiger partial charge in [0, 0.05) is 24.7 Å². The normalized spacial score (nSPS) is 21.2. The van der Waals surface area contributed by atoms with Crippen LogP contribution < -0.4 is 10.6 Å². The Morgan fingerprint density at radius 2 is 1.59 bits per heavy atom. The Kier molecular flexibility index (Phi) is 6.50. The fourth-order valence-electron chi connectivity index (χ4n) is 2.71. The Labute approximate surface area is 108 Å². The Morgan fingerprint density at radius 1 is 1.00 bits per heavy atom. The molecule has 0 aromatic carbocycles. The highest BCUT2D eigenvalue weighted by Crippen LogP contribution is 2.25. The Hall–Kier alpha value is -0.0800. The molecule has 0 aliphatic heterocycles. The highest BCUT2D eigenvalue weighted by Gasteiger charge is 2.18. The summed E-state index contributed by atoms with van der Waals surface area (Å²) in [6.07, 6.45) is 8.65. The molecule has 0 aromatic heterocycles. The molecular formula is C15H32N2. The van der Waals surface area contributed by atoms with Crippen LogP contribution in [0, 0.1) is 5.92 Å². The number of nitrogens with one attached hydrogen (secondary N) is 2. The molecule has 1 aliphatic carbocycles. The predicted octanol–water partition coefficient (Wildman–Crippen LogP) is 3.32. The summed E-state index contributed by atoms with van der Waals surface area (Å²) in [5.41, 5.74) is 0.243. The molecule has 1 atom stereocenters. The van der Waals surface area contributed by atoms with Crippen molar-refractivity contribution in [3.8, 4) is 0 Å². The summed E-state index contributed by atoms with van der Waals surface area (Å²) in [6, 6.07) is 0.690. The zero-order chi connectivity index (χ0) is 12.7. The van der Waals surface area contributed by atoms with Crippen LogP contribution in [0.1, 0.15) is 66.2 Å². The monoisotopic (exact) mass is 240 g/mol. The van der Waals surface area contributed by atoms with Gasteiger partial charge in [-0.15, -0.1) is 0 Å². The third-order valence-corrected chi connectivity index (χ3v) is 3.85. The van der Waals surface area contributed by atoms with Gasteiger partial charge in [-0.1, -0.05) is 25.7 Å². The van der Waals surface area contributed by atoms with Crippen molar-refractivity contribution in [3.63, 3.8) is 0 Å². The summed E-state index contributed by atoms with van der Waals surface area (Å²) in [6.45, 7) is 11.2. The van der Waals surface area contributed by atoms with E-state index >= 15 is 0 Å². The first kappa shape index (κ1) is 15.0. The van der Waals surface area contributed by atoms with Crippen LogP contribution in [0.4, 0.5) is 0 Å². The highest BCUT2D eigenvalue weighted by atomic mass is 15.0. The predicted molar refractivity (Wildman–Crippen MR) is 76.4 cm³/mol. The Morgan fingerprint density at radius 3 is 2.12 bits per heavy atom. The van der Waals surface area contributed by atoms with Gasteiger partial charge in [-0.25, -0.2) is 0 Å². The van der Waals surface area contributed by atoms with Gasteiger partial charge >= 0.3 is 0 Å². The number of hydrogen-bond acceptors (Lipinski definition) is 2. The molecule has 0 spiro atoms. The summed E-state index contributed by atoms with van der Waals surface area (Å²) in [5.74, 6) is 0.909. The quantitative estimate of drug-likeness (QED) is 0.569. The maximum atomic E-state index is 3.69. The van der Waals surface area contributed by atoms with Crippen molar-refractivity contribution in [3.05, 3.63) is 0 Å². The molecule has 0 radical (unpaired) electrons. The average molecular weight is 240 g/mol. The first-order valence-electron chi connectivity index (χ1n) is 7.47. The molecule has 0 bridgehead atoms. The van der Waals surface area contributed by atoms with Crippen LogP contribution >= 0.6 is 0 Å². The van der Waals surface area contributed by atoms with E-state index in [0.29, 0.717) is 6.04 Å². The van der Waals surface area contributed by atoms with Crippen LogP contribution in [0.2, 0.25) is 0 Å². The SMILES string of the molecule is C[C@@H](NCCNC(C)(C)C)C1CCCCCC1. The van der Waals surface area contributed by atoms with Crippen molar-refractivity contribution < 1.29 is 0 Å². The maximum Gasteiger partial charge on any atom is 0.00970 e. The van der Waals surface area contributed by atoms with E-state index in [1.54, 1.807) is 0 Å². The van der Waals surface area contributed by atoms with E-state index in [-0.39, 0.29) is 5.54 Å². The second kappa shape index (κ2) is 7.38. The zero-order valence-electron chi connectivity index (χ0n) is 12.3. The molecule has 1 aliphatic rings. The van der Waals surface area contributed by atoms with Crippen molar-refractivity contribution in [2.24, 2.45) is 5.92 Å². The summed E-state index contributed by atoms with van der Waals surface area (Å²) in [4.78, 5) is 0. The topological polar surface area (TPSA) is 24.1 Å². The molecule has 0 saturated heterocycles. The second-order valence-corrected chi connectivity index (χ2v) is 6.67. The Bertz CT molecular complexity index is 188. The lowest BCUT2D eigenvalue weighted by Gasteiger charge is -2.25. The van der Waals surface area contributed by atoms with Gasteiger partial charge in [-0.05, 0) is 46.5 Å². The molecule has 0 heterocycles. The maximum absolute atomic E-state index is 3.69. The van der Waals surface area contributed by atoms with E-state index in [0.717, 1.165) is 19.0 Å². The summed E-state index contributed by atoms with van der Waals surface area (Å²) >= 11 is 0. The number of rotatable bonds is 5. The summed E-state index contributed by atoms with van der Waals surface area (Å²) in [7, 11) is 0. The van der Waals surface area contributed by atoms with Gasteiger partial charge in [-0.2, -0.15) is 0 Å². The molecule has 102 valence electrons. The largest absolute Gasteiger partial charge is 0.313 e. The summed E-state index contributed by atoms with van der Waals surface area (Å²) < 4.78 is 0. The van der Waals surface area contributed by atoms with Crippen LogP contribution in [0.3, 0.4) is 0 Å². The first-order valence-corrected chi connectivity index (χ1v) is 7.47. The molecule has 2 heteroatoms. The minimum Gasteiger partial charge on any atom is -0.313 e. The van der Waals surface area contributed by atoms with E-state index in [1.165, 1.54) is 38.5 Å². The minimum atomic E-state index is 0.243. The molecule has 0 amide bonds. The molecule has 0 aromatic rings. The molecule has 0 unspecified atom stereocenters. The van der Waals surface area contributed by atoms with E-state index in [2.05, 4.69) is 38.3 Å². The highest BCUT2D eigenvalue weighted by molar-refractivity contribution is 4.76. The van der Waals surface area contributed by atoms with Crippen molar-refractivity contribution in [1.82, 2.24) is 10.6 Å². The molecular weight excluding hydrogens is 208 g/mol. The van der Waals surface area contributed by atoms with Crippen molar-refractivity contribution >= 4 is 0 Å². The van der Waals surface area contributed by atoms with Crippen LogP contribution in [0.25, 0.3) is 0 Å². The van der Waals surface area contributed by atoms with E-state index in [9.17, 15) is 0 Å². The average Bonchev–Trinajstić information content (AvgIpc) is 2.51. The molecule has 1 fully saturated rings. The van der Waals surface area contributed by atoms with Gasteiger partial charge in [0.2, 0.25) is 0 Å². The molecule has 17 heavy (non-hydrogen) atoms. The minimum absolute atomic E-state index is 0.243. The van der Waals surface area contributed by atoms with Crippen LogP contribution in [-0.4, -0.2) is 24.7 Å². The zero-order valence-corrected chi connectivity index (χ0v) is 12.3. The molecule has 1 rings (SSSR count). The lowest BCUT2D eigenvalue weighted by atomic mass is 9.93. The van der Waals surface area contributed by atoms with Gasteiger partial charge < -0.3 is 10.6 Å². The van der Waals surface area contributed by atoms with Gasteiger partial charge in [0.1, 0.15) is 0 Å². The van der Waals surface area contributed by atoms with Gasteiger partial charge in [0.25, 0.3) is 0 Å². The van der Waals surface area contributed by atoms with Crippen molar-refractivity contribution in [2.75, 3.05) is 13.1 Å². The second-order valence-electron chi connectivity index (χ2n) is 6.67. The standard InChI is InChI=1S/C15H32N2/c1-13(14-9-7-5-6-8-10-14)16-11-12-17-15(2,3)4/h13-14,16-17H,5-12H2,1-4H3/t13-/m1/s1. The lowest BCUT2D eigenvalue weighted by Crippen LogP contribution is -2.43. The van der Waals surface area contributed by atoms with Crippen molar-refractivity contribution in [2.45, 2.75) is 77.8 Å². The number of hydrogen-bond donors (Lipinski definition) is 2. The van der Waals surface area contributed by atoms with E-state index in [4.69, 9.17) is 0 Å². The first-order chi connectivity index (χ1) is 7.99. The van der Waals surface area contributed by atoms with E-state index < -0.39 is 0 Å².